The van der Waals surface area contributed by atoms with E-state index < -0.39 is 181 Å². The van der Waals surface area contributed by atoms with Crippen molar-refractivity contribution in [2.75, 3.05) is 26.9 Å². The third-order valence-electron chi connectivity index (χ3n) is 21.4. The van der Waals surface area contributed by atoms with Gasteiger partial charge in [0.1, 0.15) is 67.1 Å². The molecule has 5 aliphatic carbocycles. The quantitative estimate of drug-likeness (QED) is 0.0409. The van der Waals surface area contributed by atoms with Crippen LogP contribution in [0.15, 0.2) is 34.9 Å². The van der Waals surface area contributed by atoms with Crippen LogP contribution in [-0.4, -0.2) is 206 Å². The van der Waals surface area contributed by atoms with Gasteiger partial charge < -0.3 is 93.7 Å². The fourth-order valence-electron chi connectivity index (χ4n) is 16.2. The van der Waals surface area contributed by atoms with Crippen LogP contribution in [0.2, 0.25) is 0 Å². The fourth-order valence-corrected chi connectivity index (χ4v) is 16.2. The summed E-state index contributed by atoms with van der Waals surface area (Å²) in [6, 6.07) is 0. The first-order chi connectivity index (χ1) is 37.4. The van der Waals surface area contributed by atoms with Gasteiger partial charge >= 0.3 is 17.9 Å². The van der Waals surface area contributed by atoms with E-state index in [1.165, 1.54) is 0 Å². The molecule has 25 atom stereocenters. The van der Waals surface area contributed by atoms with E-state index in [1.54, 1.807) is 39.8 Å². The number of rotatable bonds is 13. The highest BCUT2D eigenvalue weighted by Gasteiger charge is 2.74. The van der Waals surface area contributed by atoms with Crippen molar-refractivity contribution in [3.05, 3.63) is 34.9 Å². The fraction of sp³-hybridized carbons (Fsp3) is 0.845. The molecule has 3 saturated heterocycles. The van der Waals surface area contributed by atoms with E-state index in [9.17, 15) is 65.4 Å². The van der Waals surface area contributed by atoms with E-state index in [1.807, 2.05) is 13.8 Å². The van der Waals surface area contributed by atoms with Gasteiger partial charge in [-0.1, -0.05) is 72.3 Å². The number of esters is 3. The van der Waals surface area contributed by atoms with Gasteiger partial charge in [0.2, 0.25) is 0 Å². The summed E-state index contributed by atoms with van der Waals surface area (Å²) in [5.74, 6) is -2.76. The molecule has 0 spiro atoms. The molecule has 22 heteroatoms. The Balaban J connectivity index is 1.13. The zero-order chi connectivity index (χ0) is 59.1. The SMILES string of the molecule is C/C=C(/C)C(=O)O[C@H]1[C@H](OC(=O)/C(C)=C\C)[C@]2(CO)[C@H](O)C[C@]3(C)C(=CC[C@@H]4[C@@]5(C)CC[C@H](O[C@@H]6O[C@H](C(=O)OC)[C@@H](O)[C@H](O[C@@H]7OC[C@@H](O)[C@H](O)[C@H]7O)[C@H]6O[C@@H]6O[C@H](CO)[C@@H](O)[C@H](O)[C@H]6O)C(C)(C)[C@@H]5CC[C@]43C)[C@@H]2CC1(C)C. The number of methoxy groups -OCH3 is 1. The Morgan fingerprint density at radius 1 is 0.688 bits per heavy atom. The molecule has 3 heterocycles. The van der Waals surface area contributed by atoms with Crippen LogP contribution in [0.5, 0.6) is 0 Å². The third-order valence-corrected chi connectivity index (χ3v) is 21.4. The number of carbonyl (C=O) groups excluding carboxylic acids is 3. The summed E-state index contributed by atoms with van der Waals surface area (Å²) in [5, 5.41) is 111. The lowest BCUT2D eigenvalue weighted by Gasteiger charge is -2.72. The summed E-state index contributed by atoms with van der Waals surface area (Å²) < 4.78 is 54.8. The second-order valence-electron chi connectivity index (χ2n) is 26.2. The van der Waals surface area contributed by atoms with Crippen LogP contribution in [0.4, 0.5) is 0 Å². The van der Waals surface area contributed by atoms with Crippen LogP contribution < -0.4 is 0 Å². The van der Waals surface area contributed by atoms with Crippen molar-refractivity contribution in [1.29, 1.82) is 0 Å². The highest BCUT2D eigenvalue weighted by Crippen LogP contribution is 2.76. The molecule has 3 aliphatic heterocycles. The Morgan fingerprint density at radius 2 is 1.30 bits per heavy atom. The van der Waals surface area contributed by atoms with E-state index in [4.69, 9.17) is 42.6 Å². The minimum absolute atomic E-state index is 0.0391. The van der Waals surface area contributed by atoms with Gasteiger partial charge in [0, 0.05) is 16.6 Å². The van der Waals surface area contributed by atoms with Crippen molar-refractivity contribution in [3.63, 3.8) is 0 Å². The van der Waals surface area contributed by atoms with Gasteiger partial charge in [-0.15, -0.1) is 0 Å². The van der Waals surface area contributed by atoms with Gasteiger partial charge in [-0.25, -0.2) is 14.4 Å². The second kappa shape index (κ2) is 23.1. The van der Waals surface area contributed by atoms with Gasteiger partial charge in [-0.3, -0.25) is 0 Å². The van der Waals surface area contributed by atoms with Gasteiger partial charge in [0.05, 0.1) is 44.6 Å². The van der Waals surface area contributed by atoms with Crippen molar-refractivity contribution in [2.45, 2.75) is 232 Å². The van der Waals surface area contributed by atoms with Crippen molar-refractivity contribution < 1.29 is 108 Å². The highest BCUT2D eigenvalue weighted by molar-refractivity contribution is 5.89. The Bertz CT molecular complexity index is 2370. The second-order valence-corrected chi connectivity index (χ2v) is 26.2. The van der Waals surface area contributed by atoms with Gasteiger partial charge in [0.15, 0.2) is 31.1 Å². The number of aliphatic hydroxyl groups is 10. The maximum atomic E-state index is 13.8. The first-order valence-electron chi connectivity index (χ1n) is 28.4. The molecule has 22 nitrogen and oxygen atoms in total. The zero-order valence-corrected chi connectivity index (χ0v) is 48.3. The average molecular weight is 1140 g/mol. The highest BCUT2D eigenvalue weighted by atomic mass is 16.8. The van der Waals surface area contributed by atoms with Crippen molar-refractivity contribution in [3.8, 4) is 0 Å². The molecular weight excluding hydrogens is 1050 g/mol. The van der Waals surface area contributed by atoms with E-state index in [0.29, 0.717) is 49.7 Å². The topological polar surface area (TPSA) is 337 Å². The number of hydrogen-bond donors (Lipinski definition) is 10. The number of ether oxygens (including phenoxy) is 9. The van der Waals surface area contributed by atoms with Crippen LogP contribution in [0.1, 0.15) is 121 Å². The lowest BCUT2D eigenvalue weighted by Crippen LogP contribution is -2.72. The van der Waals surface area contributed by atoms with Crippen LogP contribution >= 0.6 is 0 Å². The standard InChI is InChI=1S/C58H90O22/c1-13-26(3)47(69)79-45-46(80-48(70)27(4)14-2)58(25-60)29(21-53(45,5)6)28-15-16-33-55(9)19-18-35(54(7,8)32(55)17-20-56(33,10)57(28,11)22-34(58)62)75-52-44(78-51-40(67)38(65)37(64)31(23-59)74-51)42(41(68)43(77-52)49(71)72-12)76-50-39(66)36(63)30(61)24-73-50/h13-15,29-46,50-52,59-68H,16-25H2,1-12H3/b26-13-,27-14-/t29-,30+,31+,32-,33+,34+,35-,36-,37+,38-,39+,40+,41-,42-,43-,44+,45-,46-,50-,51-,52+,55-,56+,57+,58-/m0/s1. The van der Waals surface area contributed by atoms with E-state index in [-0.39, 0.29) is 23.7 Å². The zero-order valence-electron chi connectivity index (χ0n) is 48.3. The molecule has 8 rings (SSSR count). The molecule has 454 valence electrons. The molecule has 4 saturated carbocycles. The smallest absolute Gasteiger partial charge is 0.337 e. The van der Waals surface area contributed by atoms with Gasteiger partial charge in [-0.05, 0) is 112 Å². The van der Waals surface area contributed by atoms with Crippen LogP contribution in [-0.2, 0) is 57.0 Å². The summed E-state index contributed by atoms with van der Waals surface area (Å²) >= 11 is 0. The van der Waals surface area contributed by atoms with E-state index in [0.717, 1.165) is 12.7 Å². The molecule has 0 unspecified atom stereocenters. The van der Waals surface area contributed by atoms with Crippen LogP contribution in [0, 0.1) is 50.2 Å². The Kier molecular flexibility index (Phi) is 18.2. The molecular formula is C58H90O22. The maximum Gasteiger partial charge on any atom is 0.337 e. The first-order valence-corrected chi connectivity index (χ1v) is 28.4. The molecule has 0 aromatic carbocycles. The van der Waals surface area contributed by atoms with E-state index in [2.05, 4.69) is 40.7 Å². The predicted molar refractivity (Wildman–Crippen MR) is 280 cm³/mol. The van der Waals surface area contributed by atoms with Gasteiger partial charge in [0.25, 0.3) is 0 Å². The minimum Gasteiger partial charge on any atom is -0.467 e. The van der Waals surface area contributed by atoms with Gasteiger partial charge in [-0.2, -0.15) is 0 Å². The van der Waals surface area contributed by atoms with Crippen LogP contribution in [0.25, 0.3) is 0 Å². The molecule has 0 amide bonds. The Labute approximate surface area is 468 Å². The molecule has 8 aliphatic rings. The molecule has 0 aromatic heterocycles. The monoisotopic (exact) mass is 1140 g/mol. The Morgan fingerprint density at radius 3 is 1.90 bits per heavy atom. The molecule has 10 N–H and O–H groups in total. The number of fused-ring (bicyclic) bond motifs is 7. The average Bonchev–Trinajstić information content (AvgIpc) is 3.52. The van der Waals surface area contributed by atoms with Crippen LogP contribution in [0.3, 0.4) is 0 Å². The van der Waals surface area contributed by atoms with Crippen molar-refractivity contribution in [2.24, 2.45) is 50.2 Å². The lowest BCUT2D eigenvalue weighted by atomic mass is 9.33. The summed E-state index contributed by atoms with van der Waals surface area (Å²) in [7, 11) is 1.08. The maximum absolute atomic E-state index is 13.8. The Hall–Kier alpha value is -3.01. The number of aliphatic hydroxyl groups excluding tert-OH is 10. The normalized spacial score (nSPS) is 48.2. The molecule has 0 bridgehead atoms. The number of hydrogen-bond acceptors (Lipinski definition) is 22. The molecule has 0 aromatic rings. The minimum atomic E-state index is -1.98. The number of allylic oxidation sites excluding steroid dienone is 4. The predicted octanol–water partition coefficient (Wildman–Crippen LogP) is 1.38. The first kappa shape index (κ1) is 63.0. The summed E-state index contributed by atoms with van der Waals surface area (Å²) in [6.07, 6.45) is -19.6. The van der Waals surface area contributed by atoms with E-state index >= 15 is 0 Å². The summed E-state index contributed by atoms with van der Waals surface area (Å²) in [6.45, 7) is 19.8. The molecule has 0 radical (unpaired) electrons. The number of carbonyl (C=O) groups is 3. The van der Waals surface area contributed by atoms with Crippen molar-refractivity contribution in [1.82, 2.24) is 0 Å². The largest absolute Gasteiger partial charge is 0.467 e. The molecule has 7 fully saturated rings. The third kappa shape index (κ3) is 10.2. The summed E-state index contributed by atoms with van der Waals surface area (Å²) in [4.78, 5) is 40.9. The van der Waals surface area contributed by atoms with Crippen molar-refractivity contribution >= 4 is 17.9 Å². The summed E-state index contributed by atoms with van der Waals surface area (Å²) in [5.41, 5.74) is -2.60. The molecule has 80 heavy (non-hydrogen) atoms. The lowest BCUT2D eigenvalue weighted by molar-refractivity contribution is -0.392.